The van der Waals surface area contributed by atoms with Crippen LogP contribution >= 0.6 is 0 Å². The molecule has 40 heavy (non-hydrogen) atoms. The van der Waals surface area contributed by atoms with Crippen molar-refractivity contribution in [3.05, 3.63) is 131 Å². The number of ether oxygens (including phenoxy) is 1. The molecule has 0 atom stereocenters. The summed E-state index contributed by atoms with van der Waals surface area (Å²) in [6, 6.07) is 25.6. The van der Waals surface area contributed by atoms with Crippen LogP contribution in [0.2, 0.25) is 0 Å². The van der Waals surface area contributed by atoms with Gasteiger partial charge in [0.05, 0.1) is 12.8 Å². The van der Waals surface area contributed by atoms with Gasteiger partial charge in [0.2, 0.25) is 0 Å². The quantitative estimate of drug-likeness (QED) is 0.243. The van der Waals surface area contributed by atoms with E-state index in [0.717, 1.165) is 47.8 Å². The smallest absolute Gasteiger partial charge is 0.125 e. The molecule has 5 rings (SSSR count). The first-order chi connectivity index (χ1) is 19.4. The molecule has 202 valence electrons. The second-order valence-corrected chi connectivity index (χ2v) is 10.6. The molecule has 1 aliphatic rings. The summed E-state index contributed by atoms with van der Waals surface area (Å²) in [5, 5.41) is 8.63. The Bertz CT molecular complexity index is 1720. The summed E-state index contributed by atoms with van der Waals surface area (Å²) >= 11 is 0. The lowest BCUT2D eigenvalue weighted by molar-refractivity contribution is 0.289. The SMILES string of the molecule is COC1=C(/C=C/C(C)=Nc2ccc3ccccc3c2C)CCC/C1=C\C=C(/C)Nc1ccc2ccccc2c1C. The van der Waals surface area contributed by atoms with Gasteiger partial charge >= 0.3 is 0 Å². The minimum atomic E-state index is 0.975. The monoisotopic (exact) mass is 526 g/mol. The molecule has 0 aromatic heterocycles. The summed E-state index contributed by atoms with van der Waals surface area (Å²) in [5.41, 5.74) is 9.13. The average Bonchev–Trinajstić information content (AvgIpc) is 2.98. The maximum absolute atomic E-state index is 5.92. The Morgan fingerprint density at radius 2 is 1.50 bits per heavy atom. The second-order valence-electron chi connectivity index (χ2n) is 10.6. The van der Waals surface area contributed by atoms with E-state index in [2.05, 4.69) is 130 Å². The molecule has 0 unspecified atom stereocenters. The second kappa shape index (κ2) is 12.2. The van der Waals surface area contributed by atoms with Crippen LogP contribution < -0.4 is 5.32 Å². The number of aliphatic imine (C=N–C) groups is 1. The summed E-state index contributed by atoms with van der Waals surface area (Å²) in [7, 11) is 1.77. The largest absolute Gasteiger partial charge is 0.496 e. The molecule has 0 saturated carbocycles. The molecule has 0 spiro atoms. The zero-order valence-corrected chi connectivity index (χ0v) is 24.2. The highest BCUT2D eigenvalue weighted by Crippen LogP contribution is 2.32. The Hall–Kier alpha value is -4.37. The Balaban J connectivity index is 1.35. The first-order valence-electron chi connectivity index (χ1n) is 14.1. The summed E-state index contributed by atoms with van der Waals surface area (Å²) in [4.78, 5) is 4.92. The Morgan fingerprint density at radius 3 is 2.23 bits per heavy atom. The molecular formula is C37H38N2O. The molecule has 0 aliphatic heterocycles. The fraction of sp³-hybridized carbons (Fsp3) is 0.216. The van der Waals surface area contributed by atoms with E-state index in [1.807, 2.05) is 0 Å². The number of fused-ring (bicyclic) bond motifs is 2. The molecule has 3 heteroatoms. The van der Waals surface area contributed by atoms with Gasteiger partial charge in [0.1, 0.15) is 5.76 Å². The van der Waals surface area contributed by atoms with Gasteiger partial charge in [0.25, 0.3) is 0 Å². The van der Waals surface area contributed by atoms with Crippen molar-refractivity contribution in [3.8, 4) is 0 Å². The van der Waals surface area contributed by atoms with Crippen LogP contribution in [0.5, 0.6) is 0 Å². The molecule has 0 amide bonds. The lowest BCUT2D eigenvalue weighted by atomic mass is 9.92. The van der Waals surface area contributed by atoms with Crippen molar-refractivity contribution in [2.24, 2.45) is 4.99 Å². The van der Waals surface area contributed by atoms with E-state index in [0.29, 0.717) is 0 Å². The molecule has 4 aromatic carbocycles. The van der Waals surface area contributed by atoms with Crippen LogP contribution in [-0.2, 0) is 4.74 Å². The van der Waals surface area contributed by atoms with E-state index in [4.69, 9.17) is 9.73 Å². The number of hydrogen-bond donors (Lipinski definition) is 1. The third kappa shape index (κ3) is 5.94. The fourth-order valence-corrected chi connectivity index (χ4v) is 5.51. The van der Waals surface area contributed by atoms with Crippen LogP contribution in [0.15, 0.2) is 125 Å². The fourth-order valence-electron chi connectivity index (χ4n) is 5.51. The number of nitrogens with one attached hydrogen (secondary N) is 1. The number of rotatable bonds is 7. The summed E-state index contributed by atoms with van der Waals surface area (Å²) in [5.74, 6) is 0.975. The minimum absolute atomic E-state index is 0.975. The number of nitrogens with zero attached hydrogens (tertiary/aromatic N) is 1. The number of anilines is 1. The summed E-state index contributed by atoms with van der Waals surface area (Å²) in [6.07, 6.45) is 11.7. The van der Waals surface area contributed by atoms with Gasteiger partial charge in [-0.1, -0.05) is 72.8 Å². The number of benzene rings is 4. The van der Waals surface area contributed by atoms with Crippen molar-refractivity contribution in [1.82, 2.24) is 0 Å². The van der Waals surface area contributed by atoms with E-state index < -0.39 is 0 Å². The van der Waals surface area contributed by atoms with Gasteiger partial charge in [-0.3, -0.25) is 4.99 Å². The van der Waals surface area contributed by atoms with Gasteiger partial charge < -0.3 is 10.1 Å². The molecule has 1 aliphatic carbocycles. The van der Waals surface area contributed by atoms with Crippen molar-refractivity contribution in [1.29, 1.82) is 0 Å². The Morgan fingerprint density at radius 1 is 0.825 bits per heavy atom. The maximum Gasteiger partial charge on any atom is 0.125 e. The van der Waals surface area contributed by atoms with Gasteiger partial charge in [-0.05, 0) is 115 Å². The summed E-state index contributed by atoms with van der Waals surface area (Å²) < 4.78 is 5.92. The minimum Gasteiger partial charge on any atom is -0.496 e. The molecule has 4 aromatic rings. The normalized spacial score (nSPS) is 16.0. The van der Waals surface area contributed by atoms with Gasteiger partial charge in [-0.15, -0.1) is 0 Å². The van der Waals surface area contributed by atoms with Crippen LogP contribution in [0, 0.1) is 13.8 Å². The van der Waals surface area contributed by atoms with E-state index >= 15 is 0 Å². The third-order valence-electron chi connectivity index (χ3n) is 7.74. The Labute approximate surface area is 238 Å². The topological polar surface area (TPSA) is 33.6 Å². The molecule has 0 fully saturated rings. The lowest BCUT2D eigenvalue weighted by Gasteiger charge is -2.20. The number of methoxy groups -OCH3 is 1. The van der Waals surface area contributed by atoms with Crippen molar-refractivity contribution in [3.63, 3.8) is 0 Å². The van der Waals surface area contributed by atoms with E-state index in [1.54, 1.807) is 7.11 Å². The van der Waals surface area contributed by atoms with E-state index in [9.17, 15) is 0 Å². The highest BCUT2D eigenvalue weighted by Gasteiger charge is 2.16. The van der Waals surface area contributed by atoms with Crippen molar-refractivity contribution < 1.29 is 4.74 Å². The highest BCUT2D eigenvalue weighted by molar-refractivity contribution is 5.97. The predicted molar refractivity (Wildman–Crippen MR) is 173 cm³/mol. The van der Waals surface area contributed by atoms with Gasteiger partial charge in [-0.2, -0.15) is 0 Å². The zero-order chi connectivity index (χ0) is 28.1. The van der Waals surface area contributed by atoms with Gasteiger partial charge in [0.15, 0.2) is 0 Å². The molecule has 0 bridgehead atoms. The Kier molecular flexibility index (Phi) is 8.31. The molecule has 1 N–H and O–H groups in total. The van der Waals surface area contributed by atoms with Gasteiger partial charge in [-0.25, -0.2) is 0 Å². The van der Waals surface area contributed by atoms with Crippen molar-refractivity contribution in [2.75, 3.05) is 12.4 Å². The van der Waals surface area contributed by atoms with Crippen molar-refractivity contribution in [2.45, 2.75) is 47.0 Å². The zero-order valence-electron chi connectivity index (χ0n) is 24.2. The molecule has 0 radical (unpaired) electrons. The van der Waals surface area contributed by atoms with Crippen LogP contribution in [0.25, 0.3) is 21.5 Å². The summed E-state index contributed by atoms with van der Waals surface area (Å²) in [6.45, 7) is 8.49. The van der Waals surface area contributed by atoms with E-state index in [1.165, 1.54) is 43.8 Å². The van der Waals surface area contributed by atoms with E-state index in [-0.39, 0.29) is 0 Å². The standard InChI is InChI=1S/C37H38N2O/c1-25(38-35-23-21-29-11-6-8-15-33(29)27(35)3)17-19-31-13-10-14-32(37(31)40-5)20-18-26(2)39-36-24-22-30-12-7-9-16-34(30)28(36)4/h6-9,11-12,15-24,38H,10,13-14H2,1-5H3/b20-18+,25-17+,31-19+,39-26?. The molecule has 0 saturated heterocycles. The van der Waals surface area contributed by atoms with Crippen LogP contribution in [0.3, 0.4) is 0 Å². The number of allylic oxidation sites excluding steroid dienone is 7. The van der Waals surface area contributed by atoms with Gasteiger partial charge in [0, 0.05) is 17.1 Å². The third-order valence-corrected chi connectivity index (χ3v) is 7.74. The highest BCUT2D eigenvalue weighted by atomic mass is 16.5. The predicted octanol–water partition coefficient (Wildman–Crippen LogP) is 10.3. The van der Waals surface area contributed by atoms with Crippen LogP contribution in [0.1, 0.15) is 44.2 Å². The molecule has 3 nitrogen and oxygen atoms in total. The first kappa shape index (κ1) is 27.2. The van der Waals surface area contributed by atoms with Crippen LogP contribution in [0.4, 0.5) is 11.4 Å². The number of aryl methyl sites for hydroxylation is 2. The maximum atomic E-state index is 5.92. The molecular weight excluding hydrogens is 488 g/mol. The van der Waals surface area contributed by atoms with Crippen LogP contribution in [-0.4, -0.2) is 12.8 Å². The van der Waals surface area contributed by atoms with Crippen molar-refractivity contribution >= 4 is 38.6 Å². The average molecular weight is 527 g/mol. The lowest BCUT2D eigenvalue weighted by Crippen LogP contribution is -2.05. The number of hydrogen-bond acceptors (Lipinski definition) is 3. The first-order valence-corrected chi connectivity index (χ1v) is 14.1. The molecule has 0 heterocycles.